The summed E-state index contributed by atoms with van der Waals surface area (Å²) in [5.41, 5.74) is 7.34. The first-order valence-corrected chi connectivity index (χ1v) is 6.12. The van der Waals surface area contributed by atoms with E-state index in [4.69, 9.17) is 31.3 Å². The van der Waals surface area contributed by atoms with Gasteiger partial charge >= 0.3 is 0 Å². The number of aromatic nitrogens is 1. The highest BCUT2D eigenvalue weighted by Crippen LogP contribution is 2.38. The fourth-order valence-electron chi connectivity index (χ4n) is 1.87. The Morgan fingerprint density at radius 1 is 1.37 bits per heavy atom. The fraction of sp³-hybridized carbons (Fsp3) is 0.308. The first-order valence-electron chi connectivity index (χ1n) is 5.74. The van der Waals surface area contributed by atoms with Crippen LogP contribution in [0.4, 0.5) is 5.82 Å². The van der Waals surface area contributed by atoms with Crippen LogP contribution in [0, 0.1) is 0 Å². The van der Waals surface area contributed by atoms with Gasteiger partial charge in [0.1, 0.15) is 11.5 Å². The van der Waals surface area contributed by atoms with Gasteiger partial charge < -0.3 is 19.7 Å². The molecule has 2 aromatic rings. The summed E-state index contributed by atoms with van der Waals surface area (Å²) in [5, 5.41) is 4.39. The molecule has 5 nitrogen and oxygen atoms in total. The van der Waals surface area contributed by atoms with E-state index < -0.39 is 0 Å². The molecule has 0 fully saturated rings. The van der Waals surface area contributed by atoms with Crippen molar-refractivity contribution >= 4 is 17.4 Å². The summed E-state index contributed by atoms with van der Waals surface area (Å²) in [6.45, 7) is 0.518. The molecule has 0 saturated carbocycles. The zero-order valence-corrected chi connectivity index (χ0v) is 11.5. The first-order chi connectivity index (χ1) is 9.17. The Morgan fingerprint density at radius 3 is 2.84 bits per heavy atom. The zero-order valence-electron chi connectivity index (χ0n) is 10.8. The molecule has 1 aromatic heterocycles. The Kier molecular flexibility index (Phi) is 4.29. The van der Waals surface area contributed by atoms with Crippen LogP contribution < -0.4 is 10.5 Å². The number of hydrogen-bond acceptors (Lipinski definition) is 5. The highest BCUT2D eigenvalue weighted by molar-refractivity contribution is 6.31. The van der Waals surface area contributed by atoms with E-state index in [2.05, 4.69) is 5.16 Å². The first kappa shape index (κ1) is 13.7. The maximum atomic E-state index is 6.03. The molecular weight excluding hydrogens is 268 g/mol. The van der Waals surface area contributed by atoms with Crippen LogP contribution in [0.3, 0.4) is 0 Å². The molecule has 0 atom stereocenters. The summed E-state index contributed by atoms with van der Waals surface area (Å²) in [4.78, 5) is 0. The van der Waals surface area contributed by atoms with E-state index in [0.717, 1.165) is 5.56 Å². The third-order valence-corrected chi connectivity index (χ3v) is 2.99. The van der Waals surface area contributed by atoms with E-state index in [1.807, 2.05) is 0 Å². The monoisotopic (exact) mass is 282 g/mol. The Hall–Kier alpha value is -1.72. The van der Waals surface area contributed by atoms with Crippen LogP contribution in [0.1, 0.15) is 5.76 Å². The van der Waals surface area contributed by atoms with Crippen molar-refractivity contribution in [1.29, 1.82) is 0 Å². The van der Waals surface area contributed by atoms with Crippen LogP contribution in [0.5, 0.6) is 5.75 Å². The number of nitrogen functional groups attached to an aromatic ring is 1. The van der Waals surface area contributed by atoms with Crippen LogP contribution in [0.25, 0.3) is 11.1 Å². The summed E-state index contributed by atoms with van der Waals surface area (Å²) in [5.74, 6) is 1.63. The van der Waals surface area contributed by atoms with E-state index in [9.17, 15) is 0 Å². The Labute approximate surface area is 116 Å². The second-order valence-corrected chi connectivity index (χ2v) is 4.39. The average Bonchev–Trinajstić information content (AvgIpc) is 2.77. The predicted molar refractivity (Wildman–Crippen MR) is 73.5 cm³/mol. The van der Waals surface area contributed by atoms with E-state index in [-0.39, 0.29) is 0 Å². The number of nitrogens with two attached hydrogens (primary N) is 1. The van der Waals surface area contributed by atoms with Crippen LogP contribution >= 0.6 is 11.6 Å². The molecular formula is C13H15ClN2O3. The van der Waals surface area contributed by atoms with Gasteiger partial charge in [0, 0.05) is 24.1 Å². The average molecular weight is 283 g/mol. The molecule has 0 bridgehead atoms. The van der Waals surface area contributed by atoms with Gasteiger partial charge in [0.2, 0.25) is 0 Å². The molecule has 19 heavy (non-hydrogen) atoms. The van der Waals surface area contributed by atoms with Crippen molar-refractivity contribution in [1.82, 2.24) is 5.16 Å². The molecule has 102 valence electrons. The molecule has 1 aromatic carbocycles. The van der Waals surface area contributed by atoms with Crippen molar-refractivity contribution in [2.45, 2.75) is 6.42 Å². The zero-order chi connectivity index (χ0) is 13.8. The molecule has 0 aliphatic heterocycles. The lowest BCUT2D eigenvalue weighted by molar-refractivity contribution is 0.193. The maximum absolute atomic E-state index is 6.03. The van der Waals surface area contributed by atoms with Crippen LogP contribution in [-0.2, 0) is 11.2 Å². The van der Waals surface area contributed by atoms with E-state index in [0.29, 0.717) is 40.9 Å². The number of halogens is 1. The highest BCUT2D eigenvalue weighted by Gasteiger charge is 2.19. The second kappa shape index (κ2) is 5.95. The number of methoxy groups -OCH3 is 2. The molecule has 2 N–H and O–H groups in total. The van der Waals surface area contributed by atoms with Crippen molar-refractivity contribution < 1.29 is 14.0 Å². The lowest BCUT2D eigenvalue weighted by Gasteiger charge is -2.09. The van der Waals surface area contributed by atoms with Crippen LogP contribution in [-0.4, -0.2) is 26.0 Å². The summed E-state index contributed by atoms with van der Waals surface area (Å²) in [6, 6.07) is 5.31. The maximum Gasteiger partial charge on any atom is 0.175 e. The number of benzene rings is 1. The van der Waals surface area contributed by atoms with Crippen molar-refractivity contribution in [2.24, 2.45) is 0 Å². The minimum atomic E-state index is 0.312. The SMILES string of the molecule is COCCc1onc(N)c1-c1cc(Cl)ccc1OC. The second-order valence-electron chi connectivity index (χ2n) is 3.95. The Morgan fingerprint density at radius 2 is 2.16 bits per heavy atom. The molecule has 0 saturated heterocycles. The smallest absolute Gasteiger partial charge is 0.175 e. The van der Waals surface area contributed by atoms with Gasteiger partial charge in [-0.15, -0.1) is 0 Å². The molecule has 2 rings (SSSR count). The lowest BCUT2D eigenvalue weighted by Crippen LogP contribution is -1.97. The van der Waals surface area contributed by atoms with Gasteiger partial charge in [-0.3, -0.25) is 0 Å². The fourth-order valence-corrected chi connectivity index (χ4v) is 2.04. The molecule has 0 amide bonds. The van der Waals surface area contributed by atoms with Gasteiger partial charge in [-0.1, -0.05) is 16.8 Å². The van der Waals surface area contributed by atoms with E-state index in [1.54, 1.807) is 32.4 Å². The number of rotatable bonds is 5. The highest BCUT2D eigenvalue weighted by atomic mass is 35.5. The van der Waals surface area contributed by atoms with Crippen molar-refractivity contribution in [2.75, 3.05) is 26.6 Å². The quantitative estimate of drug-likeness (QED) is 0.913. The number of anilines is 1. The molecule has 0 aliphatic carbocycles. The summed E-state index contributed by atoms with van der Waals surface area (Å²) in [6.07, 6.45) is 0.575. The van der Waals surface area contributed by atoms with Gasteiger partial charge in [-0.05, 0) is 18.2 Å². The van der Waals surface area contributed by atoms with Gasteiger partial charge in [0.05, 0.1) is 19.3 Å². The number of nitrogens with zero attached hydrogens (tertiary/aromatic N) is 1. The lowest BCUT2D eigenvalue weighted by atomic mass is 10.0. The molecule has 0 unspecified atom stereocenters. The minimum absolute atomic E-state index is 0.312. The van der Waals surface area contributed by atoms with E-state index in [1.165, 1.54) is 0 Å². The summed E-state index contributed by atoms with van der Waals surface area (Å²) in [7, 11) is 3.21. The Bertz CT molecular complexity index is 569. The summed E-state index contributed by atoms with van der Waals surface area (Å²) >= 11 is 6.03. The van der Waals surface area contributed by atoms with Gasteiger partial charge in [-0.2, -0.15) is 0 Å². The third kappa shape index (κ3) is 2.83. The van der Waals surface area contributed by atoms with Crippen molar-refractivity contribution in [3.8, 4) is 16.9 Å². The standard InChI is InChI=1S/C13H15ClN2O3/c1-17-6-5-11-12(13(15)16-19-11)9-7-8(14)3-4-10(9)18-2/h3-4,7H,5-6H2,1-2H3,(H2,15,16). The molecule has 0 aliphatic rings. The van der Waals surface area contributed by atoms with Crippen LogP contribution in [0.2, 0.25) is 5.02 Å². The largest absolute Gasteiger partial charge is 0.496 e. The number of ether oxygens (including phenoxy) is 2. The van der Waals surface area contributed by atoms with Gasteiger partial charge in [0.25, 0.3) is 0 Å². The van der Waals surface area contributed by atoms with Gasteiger partial charge in [-0.25, -0.2) is 0 Å². The molecule has 6 heteroatoms. The van der Waals surface area contributed by atoms with Crippen molar-refractivity contribution in [3.63, 3.8) is 0 Å². The topological polar surface area (TPSA) is 70.5 Å². The molecule has 0 radical (unpaired) electrons. The predicted octanol–water partition coefficient (Wildman–Crippen LogP) is 2.77. The third-order valence-electron chi connectivity index (χ3n) is 2.75. The number of hydrogen-bond donors (Lipinski definition) is 1. The summed E-state index contributed by atoms with van der Waals surface area (Å²) < 4.78 is 15.6. The minimum Gasteiger partial charge on any atom is -0.496 e. The van der Waals surface area contributed by atoms with E-state index >= 15 is 0 Å². The normalized spacial score (nSPS) is 10.7. The molecule has 1 heterocycles. The van der Waals surface area contributed by atoms with Gasteiger partial charge in [0.15, 0.2) is 5.82 Å². The Balaban J connectivity index is 2.51. The van der Waals surface area contributed by atoms with Crippen molar-refractivity contribution in [3.05, 3.63) is 29.0 Å². The van der Waals surface area contributed by atoms with Crippen LogP contribution in [0.15, 0.2) is 22.7 Å². The molecule has 0 spiro atoms.